The van der Waals surface area contributed by atoms with E-state index in [1.807, 2.05) is 21.1 Å². The Morgan fingerprint density at radius 3 is 2.15 bits per heavy atom. The van der Waals surface area contributed by atoms with Crippen molar-refractivity contribution in [2.45, 2.75) is 38.0 Å². The van der Waals surface area contributed by atoms with E-state index in [-0.39, 0.29) is 0 Å². The third-order valence-corrected chi connectivity index (χ3v) is 2.59. The lowest BCUT2D eigenvalue weighted by Crippen LogP contribution is -2.61. The molecule has 1 atom stereocenters. The lowest BCUT2D eigenvalue weighted by Gasteiger charge is -2.28. The molecule has 0 saturated heterocycles. The zero-order valence-electron chi connectivity index (χ0n) is 9.28. The lowest BCUT2D eigenvalue weighted by molar-refractivity contribution is 0.271. The van der Waals surface area contributed by atoms with Gasteiger partial charge in [0.25, 0.3) is 0 Å². The largest absolute Gasteiger partial charge is 0.317 e. The van der Waals surface area contributed by atoms with Crippen molar-refractivity contribution in [3.8, 4) is 0 Å². The van der Waals surface area contributed by atoms with Crippen LogP contribution in [0.5, 0.6) is 0 Å². The van der Waals surface area contributed by atoms with Crippen LogP contribution in [0.4, 0.5) is 0 Å². The number of rotatable bonds is 7. The van der Waals surface area contributed by atoms with Gasteiger partial charge in [-0.1, -0.05) is 0 Å². The number of nitrogens with two attached hydrogens (primary N) is 1. The number of nitrogens with one attached hydrogen (secondary N) is 3. The van der Waals surface area contributed by atoms with Gasteiger partial charge < -0.3 is 11.1 Å². The topological polar surface area (TPSA) is 62.1 Å². The molecule has 0 aromatic rings. The van der Waals surface area contributed by atoms with Crippen molar-refractivity contribution in [1.29, 1.82) is 0 Å². The van der Waals surface area contributed by atoms with Crippen LogP contribution in [0.25, 0.3) is 0 Å². The van der Waals surface area contributed by atoms with E-state index in [0.717, 1.165) is 19.3 Å². The Hall–Kier alpha value is -0.160. The van der Waals surface area contributed by atoms with Crippen LogP contribution in [0.3, 0.4) is 0 Å². The van der Waals surface area contributed by atoms with E-state index in [4.69, 9.17) is 5.73 Å². The molecule has 0 aromatic heterocycles. The molecule has 0 aliphatic heterocycles. The molecule has 0 saturated carbocycles. The molecule has 0 aromatic carbocycles. The molecule has 0 bridgehead atoms. The SMILES string of the molecule is CNC(C)CCCC(N)(NC)NC. The molecule has 0 spiro atoms. The molecule has 0 aliphatic carbocycles. The van der Waals surface area contributed by atoms with Gasteiger partial charge in [0.05, 0.1) is 0 Å². The highest BCUT2D eigenvalue weighted by molar-refractivity contribution is 4.75. The second kappa shape index (κ2) is 6.32. The van der Waals surface area contributed by atoms with Crippen LogP contribution < -0.4 is 21.7 Å². The first-order chi connectivity index (χ1) is 6.08. The lowest BCUT2D eigenvalue weighted by atomic mass is 10.1. The van der Waals surface area contributed by atoms with Gasteiger partial charge in [-0.05, 0) is 47.3 Å². The molecule has 0 aliphatic rings. The van der Waals surface area contributed by atoms with Gasteiger partial charge in [0, 0.05) is 6.04 Å². The van der Waals surface area contributed by atoms with Crippen LogP contribution in [0.2, 0.25) is 0 Å². The van der Waals surface area contributed by atoms with E-state index in [0.29, 0.717) is 6.04 Å². The van der Waals surface area contributed by atoms with E-state index < -0.39 is 5.79 Å². The molecule has 0 rings (SSSR count). The minimum Gasteiger partial charge on any atom is -0.317 e. The van der Waals surface area contributed by atoms with Crippen molar-refractivity contribution in [3.63, 3.8) is 0 Å². The van der Waals surface area contributed by atoms with Crippen molar-refractivity contribution in [2.75, 3.05) is 21.1 Å². The Morgan fingerprint density at radius 1 is 1.23 bits per heavy atom. The first-order valence-corrected chi connectivity index (χ1v) is 4.92. The summed E-state index contributed by atoms with van der Waals surface area (Å²) in [4.78, 5) is 0. The summed E-state index contributed by atoms with van der Waals surface area (Å²) >= 11 is 0. The monoisotopic (exact) mass is 188 g/mol. The molecule has 80 valence electrons. The Bertz CT molecular complexity index is 123. The van der Waals surface area contributed by atoms with Gasteiger partial charge in [-0.2, -0.15) is 0 Å². The van der Waals surface area contributed by atoms with Crippen molar-refractivity contribution in [1.82, 2.24) is 16.0 Å². The van der Waals surface area contributed by atoms with Gasteiger partial charge in [-0.3, -0.25) is 10.6 Å². The summed E-state index contributed by atoms with van der Waals surface area (Å²) in [7, 11) is 5.73. The molecular formula is C9H24N4. The fourth-order valence-electron chi connectivity index (χ4n) is 1.21. The van der Waals surface area contributed by atoms with Crippen LogP contribution in [-0.2, 0) is 0 Å². The van der Waals surface area contributed by atoms with Gasteiger partial charge in [0.2, 0.25) is 0 Å². The zero-order chi connectivity index (χ0) is 10.3. The van der Waals surface area contributed by atoms with E-state index in [1.165, 1.54) is 0 Å². The predicted molar refractivity (Wildman–Crippen MR) is 57.4 cm³/mol. The maximum absolute atomic E-state index is 5.98. The summed E-state index contributed by atoms with van der Waals surface area (Å²) in [5.41, 5.74) is 5.98. The summed E-state index contributed by atoms with van der Waals surface area (Å²) in [5.74, 6) is -0.409. The molecule has 0 amide bonds. The Kier molecular flexibility index (Phi) is 6.24. The predicted octanol–water partition coefficient (Wildman–Crippen LogP) is -0.184. The summed E-state index contributed by atoms with van der Waals surface area (Å²) in [6.45, 7) is 2.18. The molecule has 13 heavy (non-hydrogen) atoms. The third-order valence-electron chi connectivity index (χ3n) is 2.59. The average molecular weight is 188 g/mol. The van der Waals surface area contributed by atoms with Crippen molar-refractivity contribution >= 4 is 0 Å². The van der Waals surface area contributed by atoms with Gasteiger partial charge >= 0.3 is 0 Å². The molecule has 4 heteroatoms. The smallest absolute Gasteiger partial charge is 0.120 e. The molecule has 1 unspecified atom stereocenters. The van der Waals surface area contributed by atoms with Gasteiger partial charge in [0.1, 0.15) is 5.79 Å². The van der Waals surface area contributed by atoms with Gasteiger partial charge in [-0.15, -0.1) is 0 Å². The minimum absolute atomic E-state index is 0.409. The average Bonchev–Trinajstić information content (AvgIpc) is 2.17. The number of hydrogen-bond acceptors (Lipinski definition) is 4. The molecule has 4 nitrogen and oxygen atoms in total. The van der Waals surface area contributed by atoms with E-state index in [2.05, 4.69) is 22.9 Å². The van der Waals surface area contributed by atoms with Gasteiger partial charge in [-0.25, -0.2) is 0 Å². The normalized spacial score (nSPS) is 14.5. The maximum Gasteiger partial charge on any atom is 0.120 e. The first kappa shape index (κ1) is 12.8. The fraction of sp³-hybridized carbons (Fsp3) is 1.00. The standard InChI is InChI=1S/C9H24N4/c1-8(11-2)6-5-7-9(10,12-3)13-4/h8,11-13H,5-7,10H2,1-4H3. The highest BCUT2D eigenvalue weighted by Crippen LogP contribution is 2.06. The first-order valence-electron chi connectivity index (χ1n) is 4.92. The zero-order valence-corrected chi connectivity index (χ0v) is 9.28. The molecule has 5 N–H and O–H groups in total. The molecular weight excluding hydrogens is 164 g/mol. The highest BCUT2D eigenvalue weighted by atomic mass is 15.3. The summed E-state index contributed by atoms with van der Waals surface area (Å²) in [6, 6.07) is 0.568. The molecule has 0 radical (unpaired) electrons. The van der Waals surface area contributed by atoms with Gasteiger partial charge in [0.15, 0.2) is 0 Å². The number of hydrogen-bond donors (Lipinski definition) is 4. The van der Waals surface area contributed by atoms with Crippen LogP contribution in [0.15, 0.2) is 0 Å². The highest BCUT2D eigenvalue weighted by Gasteiger charge is 2.18. The van der Waals surface area contributed by atoms with Crippen LogP contribution in [0, 0.1) is 0 Å². The Morgan fingerprint density at radius 2 is 1.77 bits per heavy atom. The molecule has 0 fully saturated rings. The van der Waals surface area contributed by atoms with Crippen LogP contribution in [-0.4, -0.2) is 33.0 Å². The summed E-state index contributed by atoms with van der Waals surface area (Å²) in [5, 5.41) is 9.34. The fourth-order valence-corrected chi connectivity index (χ4v) is 1.21. The van der Waals surface area contributed by atoms with Crippen LogP contribution in [0.1, 0.15) is 26.2 Å². The van der Waals surface area contributed by atoms with Crippen LogP contribution >= 0.6 is 0 Å². The van der Waals surface area contributed by atoms with Crippen molar-refractivity contribution in [3.05, 3.63) is 0 Å². The minimum atomic E-state index is -0.409. The maximum atomic E-state index is 5.98. The quantitative estimate of drug-likeness (QED) is 0.418. The van der Waals surface area contributed by atoms with Crippen molar-refractivity contribution in [2.24, 2.45) is 5.73 Å². The summed E-state index contributed by atoms with van der Waals surface area (Å²) in [6.07, 6.45) is 3.20. The summed E-state index contributed by atoms with van der Waals surface area (Å²) < 4.78 is 0. The second-order valence-electron chi connectivity index (χ2n) is 3.55. The van der Waals surface area contributed by atoms with E-state index in [1.54, 1.807) is 0 Å². The Labute approximate surface area is 81.6 Å². The van der Waals surface area contributed by atoms with E-state index in [9.17, 15) is 0 Å². The van der Waals surface area contributed by atoms with Crippen molar-refractivity contribution < 1.29 is 0 Å². The third kappa shape index (κ3) is 5.21. The molecule has 0 heterocycles. The Balaban J connectivity index is 3.61. The van der Waals surface area contributed by atoms with E-state index >= 15 is 0 Å². The second-order valence-corrected chi connectivity index (χ2v) is 3.55.